The third kappa shape index (κ3) is 3.90. The number of halogens is 2. The van der Waals surface area contributed by atoms with Crippen molar-refractivity contribution in [1.82, 2.24) is 9.78 Å². The van der Waals surface area contributed by atoms with Crippen LogP contribution in [0.4, 0.5) is 20.2 Å². The maximum absolute atomic E-state index is 12.4. The number of amides is 1. The minimum absolute atomic E-state index is 0.0654. The lowest BCUT2D eigenvalue weighted by atomic mass is 10.2. The molecule has 1 aromatic heterocycles. The van der Waals surface area contributed by atoms with Gasteiger partial charge in [-0.3, -0.25) is 19.6 Å². The number of carbonyl (C=O) groups excluding carboxylic acids is 1. The number of aryl methyl sites for hydroxylation is 1. The number of ether oxygens (including phenoxy) is 1. The molecular weight excluding hydrogens is 338 g/mol. The Bertz CT molecular complexity index is 807. The molecule has 1 aromatic carbocycles. The zero-order chi connectivity index (χ0) is 18.7. The average molecular weight is 354 g/mol. The summed E-state index contributed by atoms with van der Waals surface area (Å²) in [4.78, 5) is 22.9. The van der Waals surface area contributed by atoms with Gasteiger partial charge >= 0.3 is 12.3 Å². The largest absolute Gasteiger partial charge is 0.433 e. The summed E-state index contributed by atoms with van der Waals surface area (Å²) in [6, 6.07) is 4.84. The van der Waals surface area contributed by atoms with E-state index in [0.717, 1.165) is 0 Å². The van der Waals surface area contributed by atoms with Crippen LogP contribution >= 0.6 is 0 Å². The van der Waals surface area contributed by atoms with Crippen LogP contribution in [0.3, 0.4) is 0 Å². The Morgan fingerprint density at radius 3 is 2.56 bits per heavy atom. The average Bonchev–Trinajstić information content (AvgIpc) is 2.82. The number of hydrogen-bond donors (Lipinski definition) is 1. The molecule has 0 saturated carbocycles. The second kappa shape index (κ2) is 7.24. The van der Waals surface area contributed by atoms with Gasteiger partial charge in [-0.2, -0.15) is 13.9 Å². The smallest absolute Gasteiger partial charge is 0.387 e. The SMILES string of the molecule is Cc1nn(C(C)C(=O)Nc2ccccc2OC(F)F)c(C)c1[N+](=O)[O-]. The summed E-state index contributed by atoms with van der Waals surface area (Å²) in [5, 5.41) is 17.5. The molecule has 134 valence electrons. The van der Waals surface area contributed by atoms with Crippen LogP contribution in [0.5, 0.6) is 5.75 Å². The summed E-state index contributed by atoms with van der Waals surface area (Å²) >= 11 is 0. The molecule has 1 atom stereocenters. The molecule has 1 heterocycles. The topological polar surface area (TPSA) is 99.3 Å². The Balaban J connectivity index is 2.25. The minimum Gasteiger partial charge on any atom is -0.433 e. The van der Waals surface area contributed by atoms with Gasteiger partial charge in [-0.05, 0) is 32.9 Å². The van der Waals surface area contributed by atoms with Crippen molar-refractivity contribution in [2.45, 2.75) is 33.4 Å². The molecule has 0 aliphatic carbocycles. The van der Waals surface area contributed by atoms with Crippen LogP contribution in [-0.4, -0.2) is 27.2 Å². The lowest BCUT2D eigenvalue weighted by molar-refractivity contribution is -0.386. The van der Waals surface area contributed by atoms with Crippen LogP contribution in [-0.2, 0) is 4.79 Å². The number of nitro groups is 1. The van der Waals surface area contributed by atoms with Gasteiger partial charge in [-0.15, -0.1) is 0 Å². The van der Waals surface area contributed by atoms with Gasteiger partial charge in [0.05, 0.1) is 10.6 Å². The number of para-hydroxylation sites is 2. The van der Waals surface area contributed by atoms with E-state index in [2.05, 4.69) is 15.2 Å². The molecule has 0 saturated heterocycles. The van der Waals surface area contributed by atoms with Crippen molar-refractivity contribution in [2.24, 2.45) is 0 Å². The molecule has 1 amide bonds. The van der Waals surface area contributed by atoms with Crippen LogP contribution in [0, 0.1) is 24.0 Å². The van der Waals surface area contributed by atoms with E-state index in [0.29, 0.717) is 0 Å². The number of alkyl halides is 2. The molecule has 0 radical (unpaired) electrons. The van der Waals surface area contributed by atoms with Crippen LogP contribution in [0.2, 0.25) is 0 Å². The number of carbonyl (C=O) groups is 1. The van der Waals surface area contributed by atoms with E-state index in [-0.39, 0.29) is 28.5 Å². The highest BCUT2D eigenvalue weighted by Crippen LogP contribution is 2.28. The molecule has 2 rings (SSSR count). The number of rotatable bonds is 6. The van der Waals surface area contributed by atoms with Crippen molar-refractivity contribution in [3.05, 3.63) is 45.8 Å². The van der Waals surface area contributed by atoms with Crippen molar-refractivity contribution in [1.29, 1.82) is 0 Å². The maximum atomic E-state index is 12.4. The number of nitrogens with zero attached hydrogens (tertiary/aromatic N) is 3. The quantitative estimate of drug-likeness (QED) is 0.634. The van der Waals surface area contributed by atoms with E-state index in [4.69, 9.17) is 0 Å². The first kappa shape index (κ1) is 18.3. The summed E-state index contributed by atoms with van der Waals surface area (Å²) in [7, 11) is 0. The number of nitrogens with one attached hydrogen (secondary N) is 1. The summed E-state index contributed by atoms with van der Waals surface area (Å²) in [5.41, 5.74) is 0.308. The third-order valence-corrected chi connectivity index (χ3v) is 3.58. The van der Waals surface area contributed by atoms with Gasteiger partial charge in [0.2, 0.25) is 5.91 Å². The summed E-state index contributed by atoms with van der Waals surface area (Å²) in [6.07, 6.45) is 0. The van der Waals surface area contributed by atoms with E-state index >= 15 is 0 Å². The molecular formula is C15H16F2N4O4. The van der Waals surface area contributed by atoms with Crippen molar-refractivity contribution in [3.8, 4) is 5.75 Å². The predicted molar refractivity (Wildman–Crippen MR) is 84.8 cm³/mol. The fourth-order valence-corrected chi connectivity index (χ4v) is 2.41. The van der Waals surface area contributed by atoms with Gasteiger partial charge in [0.1, 0.15) is 23.2 Å². The Hall–Kier alpha value is -3.04. The highest BCUT2D eigenvalue weighted by Gasteiger charge is 2.27. The summed E-state index contributed by atoms with van der Waals surface area (Å²) in [6.45, 7) is 1.41. The molecule has 0 bridgehead atoms. The fraction of sp³-hybridized carbons (Fsp3) is 0.333. The minimum atomic E-state index is -3.03. The number of hydrogen-bond acceptors (Lipinski definition) is 5. The molecule has 0 aliphatic rings. The van der Waals surface area contributed by atoms with E-state index < -0.39 is 23.5 Å². The molecule has 0 spiro atoms. The first-order chi connectivity index (χ1) is 11.7. The second-order valence-electron chi connectivity index (χ2n) is 5.26. The number of benzene rings is 1. The van der Waals surface area contributed by atoms with Gasteiger partial charge in [-0.1, -0.05) is 12.1 Å². The van der Waals surface area contributed by atoms with E-state index in [1.165, 1.54) is 43.7 Å². The molecule has 0 fully saturated rings. The van der Waals surface area contributed by atoms with E-state index in [1.807, 2.05) is 0 Å². The Morgan fingerprint density at radius 2 is 2.00 bits per heavy atom. The van der Waals surface area contributed by atoms with Gasteiger partial charge in [0.25, 0.3) is 0 Å². The molecule has 1 N–H and O–H groups in total. The molecule has 0 aliphatic heterocycles. The zero-order valence-corrected chi connectivity index (χ0v) is 13.7. The van der Waals surface area contributed by atoms with Gasteiger partial charge < -0.3 is 10.1 Å². The Morgan fingerprint density at radius 1 is 1.36 bits per heavy atom. The first-order valence-electron chi connectivity index (χ1n) is 7.27. The highest BCUT2D eigenvalue weighted by molar-refractivity contribution is 5.94. The van der Waals surface area contributed by atoms with Gasteiger partial charge in [0.15, 0.2) is 0 Å². The van der Waals surface area contributed by atoms with Crippen LogP contribution in [0.15, 0.2) is 24.3 Å². The monoisotopic (exact) mass is 354 g/mol. The van der Waals surface area contributed by atoms with Crippen molar-refractivity contribution in [3.63, 3.8) is 0 Å². The molecule has 8 nitrogen and oxygen atoms in total. The van der Waals surface area contributed by atoms with Gasteiger partial charge in [-0.25, -0.2) is 0 Å². The van der Waals surface area contributed by atoms with Gasteiger partial charge in [0, 0.05) is 0 Å². The normalized spacial score (nSPS) is 12.1. The lowest BCUT2D eigenvalue weighted by Crippen LogP contribution is -2.25. The van der Waals surface area contributed by atoms with E-state index in [1.54, 1.807) is 6.07 Å². The van der Waals surface area contributed by atoms with E-state index in [9.17, 15) is 23.7 Å². The Kier molecular flexibility index (Phi) is 5.30. The first-order valence-corrected chi connectivity index (χ1v) is 7.27. The van der Waals surface area contributed by atoms with Crippen LogP contribution < -0.4 is 10.1 Å². The highest BCUT2D eigenvalue weighted by atomic mass is 19.3. The van der Waals surface area contributed by atoms with Crippen molar-refractivity contribution >= 4 is 17.3 Å². The summed E-state index contributed by atoms with van der Waals surface area (Å²) in [5.74, 6) is -0.761. The Labute approximate surface area is 141 Å². The summed E-state index contributed by atoms with van der Waals surface area (Å²) < 4.78 is 30.4. The number of aromatic nitrogens is 2. The maximum Gasteiger partial charge on any atom is 0.387 e. The number of anilines is 1. The van der Waals surface area contributed by atoms with Crippen molar-refractivity contribution < 1.29 is 23.2 Å². The lowest BCUT2D eigenvalue weighted by Gasteiger charge is -2.16. The molecule has 1 unspecified atom stereocenters. The van der Waals surface area contributed by atoms with Crippen molar-refractivity contribution in [2.75, 3.05) is 5.32 Å². The molecule has 2 aromatic rings. The second-order valence-corrected chi connectivity index (χ2v) is 5.26. The standard InChI is InChI=1S/C15H16F2N4O4/c1-8-13(21(23)24)9(2)20(19-8)10(3)14(22)18-11-6-4-5-7-12(11)25-15(16)17/h4-7,10,15H,1-3H3,(H,18,22). The zero-order valence-electron chi connectivity index (χ0n) is 13.7. The molecule has 10 heteroatoms. The third-order valence-electron chi connectivity index (χ3n) is 3.58. The fourth-order valence-electron chi connectivity index (χ4n) is 2.41. The predicted octanol–water partition coefficient (Wildman–Crippen LogP) is 3.21. The van der Waals surface area contributed by atoms with Crippen LogP contribution in [0.25, 0.3) is 0 Å². The molecule has 25 heavy (non-hydrogen) atoms. The van der Waals surface area contributed by atoms with Crippen LogP contribution in [0.1, 0.15) is 24.4 Å².